The van der Waals surface area contributed by atoms with Crippen molar-refractivity contribution in [1.82, 2.24) is 0 Å². The third-order valence-corrected chi connectivity index (χ3v) is 20.9. The van der Waals surface area contributed by atoms with Crippen molar-refractivity contribution in [1.29, 1.82) is 0 Å². The molecular formula is C54H92O4. The van der Waals surface area contributed by atoms with Crippen LogP contribution in [0, 0.1) is 92.7 Å². The third-order valence-electron chi connectivity index (χ3n) is 20.9. The summed E-state index contributed by atoms with van der Waals surface area (Å²) in [6, 6.07) is 0. The van der Waals surface area contributed by atoms with Gasteiger partial charge in [0.05, 0.1) is 18.3 Å². The zero-order chi connectivity index (χ0) is 41.8. The Morgan fingerprint density at radius 1 is 0.586 bits per heavy atom. The maximum absolute atomic E-state index is 11.0. The summed E-state index contributed by atoms with van der Waals surface area (Å²) in [5.74, 6) is 9.07. The van der Waals surface area contributed by atoms with Crippen molar-refractivity contribution in [2.45, 2.75) is 215 Å². The SMILES string of the molecule is CC(C)CCC(O)[C@@H](C)[C@H]1CC[C@H]2[C@@H]3CC=C4C[C@@H](O)CC[C@]4(C)[C@H]3CC[C@]12C.CC(CO)CCC[C@@H](C)[C@H]1CC[C@H]2[C@@H]3CC=C4C[C@@H](O)CC[C@]4(C)[C@H]3CC[C@]12C. The van der Waals surface area contributed by atoms with Crippen molar-refractivity contribution in [2.24, 2.45) is 92.7 Å². The van der Waals surface area contributed by atoms with E-state index in [1.165, 1.54) is 96.3 Å². The Balaban J connectivity index is 0.000000177. The molecule has 0 spiro atoms. The van der Waals surface area contributed by atoms with Gasteiger partial charge in [-0.3, -0.25) is 0 Å². The van der Waals surface area contributed by atoms with E-state index in [9.17, 15) is 20.4 Å². The van der Waals surface area contributed by atoms with Crippen molar-refractivity contribution in [3.63, 3.8) is 0 Å². The van der Waals surface area contributed by atoms with Gasteiger partial charge in [-0.05, 0) is 215 Å². The Labute approximate surface area is 357 Å². The van der Waals surface area contributed by atoms with Crippen LogP contribution in [0.25, 0.3) is 0 Å². The van der Waals surface area contributed by atoms with Gasteiger partial charge in [0.2, 0.25) is 0 Å². The molecule has 18 atom stereocenters. The first kappa shape index (κ1) is 45.3. The van der Waals surface area contributed by atoms with Gasteiger partial charge in [0, 0.05) is 6.61 Å². The zero-order valence-corrected chi connectivity index (χ0v) is 39.2. The summed E-state index contributed by atoms with van der Waals surface area (Å²) in [6.07, 6.45) is 30.5. The van der Waals surface area contributed by atoms with Crippen molar-refractivity contribution in [2.75, 3.05) is 6.61 Å². The fraction of sp³-hybridized carbons (Fsp3) is 0.926. The van der Waals surface area contributed by atoms with E-state index in [-0.39, 0.29) is 18.3 Å². The van der Waals surface area contributed by atoms with Crippen LogP contribution >= 0.6 is 0 Å². The second-order valence-corrected chi connectivity index (χ2v) is 24.4. The molecule has 0 aliphatic heterocycles. The topological polar surface area (TPSA) is 80.9 Å². The molecule has 8 aliphatic carbocycles. The Bertz CT molecular complexity index is 1450. The van der Waals surface area contributed by atoms with Crippen LogP contribution in [0.1, 0.15) is 197 Å². The van der Waals surface area contributed by atoms with Gasteiger partial charge >= 0.3 is 0 Å². The van der Waals surface area contributed by atoms with Crippen LogP contribution in [0.5, 0.6) is 0 Å². The van der Waals surface area contributed by atoms with Crippen molar-refractivity contribution in [3.8, 4) is 0 Å². The highest BCUT2D eigenvalue weighted by Gasteiger charge is 2.61. The molecule has 0 aromatic rings. The molecule has 0 amide bonds. The van der Waals surface area contributed by atoms with E-state index in [2.05, 4.69) is 74.5 Å². The minimum absolute atomic E-state index is 0.0926. The van der Waals surface area contributed by atoms with Crippen LogP contribution in [-0.2, 0) is 0 Å². The van der Waals surface area contributed by atoms with Crippen LogP contribution in [0.2, 0.25) is 0 Å². The lowest BCUT2D eigenvalue weighted by Crippen LogP contribution is -2.51. The number of allylic oxidation sites excluding steroid dienone is 2. The molecule has 0 radical (unpaired) electrons. The monoisotopic (exact) mass is 805 g/mol. The number of aliphatic hydroxyl groups is 4. The molecule has 8 rings (SSSR count). The first-order valence-electron chi connectivity index (χ1n) is 25.5. The summed E-state index contributed by atoms with van der Waals surface area (Å²) in [5.41, 5.74) is 4.83. The molecule has 4 nitrogen and oxygen atoms in total. The van der Waals surface area contributed by atoms with Gasteiger partial charge in [-0.25, -0.2) is 0 Å². The van der Waals surface area contributed by atoms with E-state index < -0.39 is 0 Å². The fourth-order valence-electron chi connectivity index (χ4n) is 17.3. The minimum Gasteiger partial charge on any atom is -0.396 e. The number of hydrogen-bond acceptors (Lipinski definition) is 4. The number of fused-ring (bicyclic) bond motifs is 10. The lowest BCUT2D eigenvalue weighted by Gasteiger charge is -2.58. The van der Waals surface area contributed by atoms with Gasteiger partial charge < -0.3 is 20.4 Å². The molecule has 332 valence electrons. The van der Waals surface area contributed by atoms with E-state index in [0.717, 1.165) is 85.9 Å². The molecule has 0 heterocycles. The molecule has 4 heteroatoms. The van der Waals surface area contributed by atoms with Crippen molar-refractivity contribution in [3.05, 3.63) is 23.3 Å². The summed E-state index contributed by atoms with van der Waals surface area (Å²) in [6.45, 7) is 22.2. The Morgan fingerprint density at radius 3 is 1.59 bits per heavy atom. The highest BCUT2D eigenvalue weighted by Crippen LogP contribution is 2.69. The average Bonchev–Trinajstić information content (AvgIpc) is 3.74. The van der Waals surface area contributed by atoms with Crippen LogP contribution in [-0.4, -0.2) is 45.3 Å². The second-order valence-electron chi connectivity index (χ2n) is 24.4. The van der Waals surface area contributed by atoms with Gasteiger partial charge in [-0.15, -0.1) is 0 Å². The minimum atomic E-state index is -0.133. The summed E-state index contributed by atoms with van der Waals surface area (Å²) < 4.78 is 0. The molecular weight excluding hydrogens is 713 g/mol. The highest BCUT2D eigenvalue weighted by atomic mass is 16.3. The molecule has 0 bridgehead atoms. The van der Waals surface area contributed by atoms with E-state index in [0.29, 0.717) is 51.9 Å². The quantitative estimate of drug-likeness (QED) is 0.157. The lowest BCUT2D eigenvalue weighted by molar-refractivity contribution is -0.0681. The number of rotatable bonds is 11. The molecule has 6 saturated carbocycles. The molecule has 0 saturated heterocycles. The van der Waals surface area contributed by atoms with E-state index in [4.69, 9.17) is 0 Å². The molecule has 0 aromatic heterocycles. The summed E-state index contributed by atoms with van der Waals surface area (Å²) in [7, 11) is 0. The molecule has 58 heavy (non-hydrogen) atoms. The van der Waals surface area contributed by atoms with Crippen LogP contribution in [0.3, 0.4) is 0 Å². The van der Waals surface area contributed by atoms with E-state index in [1.807, 2.05) is 0 Å². The van der Waals surface area contributed by atoms with Crippen molar-refractivity contribution >= 4 is 0 Å². The van der Waals surface area contributed by atoms with Crippen molar-refractivity contribution < 1.29 is 20.4 Å². The Hall–Kier alpha value is -0.680. The Kier molecular flexibility index (Phi) is 13.9. The van der Waals surface area contributed by atoms with Gasteiger partial charge in [-0.2, -0.15) is 0 Å². The molecule has 0 aromatic carbocycles. The average molecular weight is 805 g/mol. The highest BCUT2D eigenvalue weighted by molar-refractivity contribution is 5.27. The van der Waals surface area contributed by atoms with Gasteiger partial charge in [0.1, 0.15) is 0 Å². The standard InChI is InChI=1S/2C27H46O2/c1-17(2)6-11-25(29)18(3)22-9-10-23-21-8-7-19-16-20(28)12-14-26(19,4)24(21)13-15-27(22,23)5;1-18(17-28)6-5-7-19(2)23-10-11-24-22-9-8-20-16-21(29)12-14-26(20,3)25(22)13-15-27(23,24)4/h7,17-18,20-25,28-29H,6,8-16H2,1-5H3;8,18-19,21-25,28-29H,5-7,9-17H2,1-4H3/t18-,20-,21-,22+,23-,24-,25?,26-,27+;18?,19-,21+,22+,23-,24+,25+,26+,27-/m01/s1. The van der Waals surface area contributed by atoms with Crippen LogP contribution in [0.4, 0.5) is 0 Å². The van der Waals surface area contributed by atoms with Crippen LogP contribution in [0.15, 0.2) is 23.3 Å². The fourth-order valence-corrected chi connectivity index (χ4v) is 17.3. The number of hydrogen-bond donors (Lipinski definition) is 4. The van der Waals surface area contributed by atoms with Gasteiger partial charge in [0.15, 0.2) is 0 Å². The maximum Gasteiger partial charge on any atom is 0.0577 e. The smallest absolute Gasteiger partial charge is 0.0577 e. The molecule has 4 N–H and O–H groups in total. The first-order valence-corrected chi connectivity index (χ1v) is 25.5. The summed E-state index contributed by atoms with van der Waals surface area (Å²) >= 11 is 0. The number of aliphatic hydroxyl groups excluding tert-OH is 4. The first-order chi connectivity index (χ1) is 27.5. The second kappa shape index (κ2) is 17.8. The van der Waals surface area contributed by atoms with Gasteiger partial charge in [-0.1, -0.05) is 98.5 Å². The summed E-state index contributed by atoms with van der Waals surface area (Å²) in [4.78, 5) is 0. The normalized spacial score (nSPS) is 46.4. The van der Waals surface area contributed by atoms with E-state index in [1.54, 1.807) is 11.1 Å². The molecule has 8 aliphatic rings. The molecule has 2 unspecified atom stereocenters. The third kappa shape index (κ3) is 8.29. The predicted molar refractivity (Wildman–Crippen MR) is 241 cm³/mol. The Morgan fingerprint density at radius 2 is 1.09 bits per heavy atom. The molecule has 6 fully saturated rings. The van der Waals surface area contributed by atoms with Crippen LogP contribution < -0.4 is 0 Å². The van der Waals surface area contributed by atoms with E-state index >= 15 is 0 Å². The predicted octanol–water partition coefficient (Wildman–Crippen LogP) is 12.7. The maximum atomic E-state index is 11.0. The van der Waals surface area contributed by atoms with Gasteiger partial charge in [0.25, 0.3) is 0 Å². The zero-order valence-electron chi connectivity index (χ0n) is 39.2. The summed E-state index contributed by atoms with van der Waals surface area (Å²) in [5, 5.41) is 40.7. The lowest BCUT2D eigenvalue weighted by atomic mass is 9.47. The largest absolute Gasteiger partial charge is 0.396 e.